The van der Waals surface area contributed by atoms with Crippen LogP contribution < -0.4 is 14.2 Å². The normalized spacial score (nSPS) is 11.1. The standard InChI is InChI=1S/C17H21NO4S/c1-4-13-6-11-17(21-3)16(12-13)18-23(19,20)15-9-7-14(8-10-15)22-5-2/h6-12,18H,4-5H2,1-3H3. The molecule has 0 heterocycles. The summed E-state index contributed by atoms with van der Waals surface area (Å²) in [5.41, 5.74) is 1.45. The minimum absolute atomic E-state index is 0.171. The third kappa shape index (κ3) is 4.16. The van der Waals surface area contributed by atoms with Gasteiger partial charge in [-0.25, -0.2) is 8.42 Å². The van der Waals surface area contributed by atoms with E-state index >= 15 is 0 Å². The Bertz CT molecular complexity index is 755. The maximum atomic E-state index is 12.5. The Kier molecular flexibility index (Phi) is 5.50. The van der Waals surface area contributed by atoms with E-state index in [0.717, 1.165) is 12.0 Å². The van der Waals surface area contributed by atoms with Crippen LogP contribution in [0.4, 0.5) is 5.69 Å². The molecule has 124 valence electrons. The van der Waals surface area contributed by atoms with Crippen LogP contribution in [0.3, 0.4) is 0 Å². The number of benzene rings is 2. The summed E-state index contributed by atoms with van der Waals surface area (Å²) in [6.07, 6.45) is 0.807. The molecule has 0 bridgehead atoms. The summed E-state index contributed by atoms with van der Waals surface area (Å²) in [4.78, 5) is 0.171. The van der Waals surface area contributed by atoms with Crippen LogP contribution in [-0.4, -0.2) is 22.1 Å². The van der Waals surface area contributed by atoms with Crippen LogP contribution in [0.25, 0.3) is 0 Å². The average Bonchev–Trinajstić information content (AvgIpc) is 2.55. The van der Waals surface area contributed by atoms with Crippen molar-refractivity contribution in [3.8, 4) is 11.5 Å². The van der Waals surface area contributed by atoms with Crippen molar-refractivity contribution in [2.75, 3.05) is 18.4 Å². The van der Waals surface area contributed by atoms with E-state index in [1.54, 1.807) is 24.3 Å². The lowest BCUT2D eigenvalue weighted by Crippen LogP contribution is -2.13. The van der Waals surface area contributed by atoms with Crippen molar-refractivity contribution in [2.24, 2.45) is 0 Å². The fourth-order valence-electron chi connectivity index (χ4n) is 2.14. The molecule has 0 atom stereocenters. The minimum Gasteiger partial charge on any atom is -0.495 e. The first-order chi connectivity index (χ1) is 11.0. The molecule has 0 radical (unpaired) electrons. The molecule has 0 amide bonds. The molecule has 5 nitrogen and oxygen atoms in total. The first-order valence-corrected chi connectivity index (χ1v) is 8.91. The first kappa shape index (κ1) is 17.1. The fourth-order valence-corrected chi connectivity index (χ4v) is 3.20. The summed E-state index contributed by atoms with van der Waals surface area (Å²) in [6.45, 7) is 4.41. The molecule has 6 heteroatoms. The number of sulfonamides is 1. The summed E-state index contributed by atoms with van der Waals surface area (Å²) < 4.78 is 38.2. The zero-order valence-corrected chi connectivity index (χ0v) is 14.3. The van der Waals surface area contributed by atoms with Gasteiger partial charge in [0.1, 0.15) is 11.5 Å². The lowest BCUT2D eigenvalue weighted by Gasteiger charge is -2.13. The molecular weight excluding hydrogens is 314 g/mol. The molecule has 2 rings (SSSR count). The van der Waals surface area contributed by atoms with Crippen LogP contribution in [0.15, 0.2) is 47.4 Å². The number of ether oxygens (including phenoxy) is 2. The smallest absolute Gasteiger partial charge is 0.262 e. The van der Waals surface area contributed by atoms with Crippen LogP contribution in [0, 0.1) is 0 Å². The van der Waals surface area contributed by atoms with Gasteiger partial charge in [-0.2, -0.15) is 0 Å². The Morgan fingerprint density at radius 3 is 2.30 bits per heavy atom. The van der Waals surface area contributed by atoms with Crippen LogP contribution in [0.5, 0.6) is 11.5 Å². The molecular formula is C17H21NO4S. The molecule has 0 aliphatic rings. The quantitative estimate of drug-likeness (QED) is 0.841. The van der Waals surface area contributed by atoms with Gasteiger partial charge in [0.15, 0.2) is 0 Å². The Morgan fingerprint density at radius 2 is 1.74 bits per heavy atom. The molecule has 0 saturated carbocycles. The highest BCUT2D eigenvalue weighted by Gasteiger charge is 2.17. The van der Waals surface area contributed by atoms with Crippen LogP contribution >= 0.6 is 0 Å². The second-order valence-electron chi connectivity index (χ2n) is 4.90. The highest BCUT2D eigenvalue weighted by molar-refractivity contribution is 7.92. The molecule has 0 spiro atoms. The van der Waals surface area contributed by atoms with Crippen LogP contribution in [0.2, 0.25) is 0 Å². The number of hydrogen-bond acceptors (Lipinski definition) is 4. The minimum atomic E-state index is -3.69. The van der Waals surface area contributed by atoms with Crippen molar-refractivity contribution >= 4 is 15.7 Å². The van der Waals surface area contributed by atoms with Gasteiger partial charge in [-0.05, 0) is 55.3 Å². The number of methoxy groups -OCH3 is 1. The summed E-state index contributed by atoms with van der Waals surface area (Å²) in [5.74, 6) is 1.12. The zero-order chi connectivity index (χ0) is 16.9. The highest BCUT2D eigenvalue weighted by atomic mass is 32.2. The molecule has 1 N–H and O–H groups in total. The van der Waals surface area contributed by atoms with E-state index in [4.69, 9.17) is 9.47 Å². The third-order valence-electron chi connectivity index (χ3n) is 3.36. The lowest BCUT2D eigenvalue weighted by molar-refractivity contribution is 0.340. The zero-order valence-electron chi connectivity index (χ0n) is 13.5. The van der Waals surface area contributed by atoms with Crippen molar-refractivity contribution in [1.29, 1.82) is 0 Å². The van der Waals surface area contributed by atoms with E-state index in [0.29, 0.717) is 23.8 Å². The predicted molar refractivity (Wildman–Crippen MR) is 90.8 cm³/mol. The third-order valence-corrected chi connectivity index (χ3v) is 4.74. The van der Waals surface area contributed by atoms with E-state index in [-0.39, 0.29) is 4.90 Å². The topological polar surface area (TPSA) is 64.6 Å². The number of anilines is 1. The van der Waals surface area contributed by atoms with E-state index in [1.807, 2.05) is 19.9 Å². The Balaban J connectivity index is 2.30. The summed E-state index contributed by atoms with van der Waals surface area (Å²) in [5, 5.41) is 0. The molecule has 23 heavy (non-hydrogen) atoms. The molecule has 0 fully saturated rings. The summed E-state index contributed by atoms with van der Waals surface area (Å²) in [7, 11) is -2.18. The first-order valence-electron chi connectivity index (χ1n) is 7.42. The number of rotatable bonds is 7. The number of nitrogens with one attached hydrogen (secondary N) is 1. The maximum Gasteiger partial charge on any atom is 0.262 e. The van der Waals surface area contributed by atoms with Gasteiger partial charge in [0.2, 0.25) is 0 Å². The van der Waals surface area contributed by atoms with Gasteiger partial charge in [-0.1, -0.05) is 13.0 Å². The second-order valence-corrected chi connectivity index (χ2v) is 6.58. The predicted octanol–water partition coefficient (Wildman–Crippen LogP) is 3.46. The van der Waals surface area contributed by atoms with E-state index < -0.39 is 10.0 Å². The summed E-state index contributed by atoms with van der Waals surface area (Å²) >= 11 is 0. The molecule has 0 saturated heterocycles. The van der Waals surface area contributed by atoms with Crippen molar-refractivity contribution in [2.45, 2.75) is 25.2 Å². The van der Waals surface area contributed by atoms with Crippen molar-refractivity contribution in [3.63, 3.8) is 0 Å². The molecule has 0 aliphatic heterocycles. The largest absolute Gasteiger partial charge is 0.495 e. The van der Waals surface area contributed by atoms with E-state index in [1.165, 1.54) is 19.2 Å². The van der Waals surface area contributed by atoms with Gasteiger partial charge in [-0.15, -0.1) is 0 Å². The van der Waals surface area contributed by atoms with Crippen LogP contribution in [-0.2, 0) is 16.4 Å². The molecule has 2 aromatic rings. The second kappa shape index (κ2) is 7.37. The van der Waals surface area contributed by atoms with Gasteiger partial charge in [0, 0.05) is 0 Å². The van der Waals surface area contributed by atoms with E-state index in [9.17, 15) is 8.42 Å². The van der Waals surface area contributed by atoms with Gasteiger partial charge in [0.25, 0.3) is 10.0 Å². The van der Waals surface area contributed by atoms with Crippen molar-refractivity contribution in [3.05, 3.63) is 48.0 Å². The maximum absolute atomic E-state index is 12.5. The lowest BCUT2D eigenvalue weighted by atomic mass is 10.1. The van der Waals surface area contributed by atoms with Gasteiger partial charge >= 0.3 is 0 Å². The van der Waals surface area contributed by atoms with Crippen molar-refractivity contribution in [1.82, 2.24) is 0 Å². The molecule has 2 aromatic carbocycles. The Labute approximate surface area is 137 Å². The molecule has 0 unspecified atom stereocenters. The Hall–Kier alpha value is -2.21. The van der Waals surface area contributed by atoms with Gasteiger partial charge < -0.3 is 9.47 Å². The van der Waals surface area contributed by atoms with Gasteiger partial charge in [0.05, 0.1) is 24.3 Å². The fraction of sp³-hybridized carbons (Fsp3) is 0.294. The number of hydrogen-bond donors (Lipinski definition) is 1. The van der Waals surface area contributed by atoms with Crippen LogP contribution in [0.1, 0.15) is 19.4 Å². The Morgan fingerprint density at radius 1 is 1.04 bits per heavy atom. The van der Waals surface area contributed by atoms with E-state index in [2.05, 4.69) is 4.72 Å². The monoisotopic (exact) mass is 335 g/mol. The van der Waals surface area contributed by atoms with Crippen molar-refractivity contribution < 1.29 is 17.9 Å². The molecule has 0 aliphatic carbocycles. The summed E-state index contributed by atoms with van der Waals surface area (Å²) in [6, 6.07) is 11.8. The average molecular weight is 335 g/mol. The number of aryl methyl sites for hydroxylation is 1. The SMILES string of the molecule is CCOc1ccc(S(=O)(=O)Nc2cc(CC)ccc2OC)cc1. The highest BCUT2D eigenvalue weighted by Crippen LogP contribution is 2.28. The van der Waals surface area contributed by atoms with Gasteiger partial charge in [-0.3, -0.25) is 4.72 Å². The molecule has 0 aromatic heterocycles.